The zero-order valence-corrected chi connectivity index (χ0v) is 67.2. The summed E-state index contributed by atoms with van der Waals surface area (Å²) in [6, 6.07) is 19.6. The number of aromatic nitrogens is 20. The van der Waals surface area contributed by atoms with Crippen molar-refractivity contribution in [3.05, 3.63) is 189 Å². The highest BCUT2D eigenvalue weighted by molar-refractivity contribution is 5.77. The van der Waals surface area contributed by atoms with E-state index in [0.717, 1.165) is 107 Å². The fourth-order valence-electron chi connectivity index (χ4n) is 13.6. The van der Waals surface area contributed by atoms with Crippen LogP contribution in [0.5, 0.6) is 0 Å². The van der Waals surface area contributed by atoms with Crippen LogP contribution in [0.2, 0.25) is 0 Å². The topological polar surface area (TPSA) is 456 Å². The first-order chi connectivity index (χ1) is 58.0. The van der Waals surface area contributed by atoms with Crippen LogP contribution in [-0.4, -0.2) is 143 Å². The first-order valence-corrected chi connectivity index (χ1v) is 39.0. The summed E-state index contributed by atoms with van der Waals surface area (Å²) in [5.74, 6) is -0.979. The van der Waals surface area contributed by atoms with Gasteiger partial charge < -0.3 is 75.1 Å². The Morgan fingerprint density at radius 2 is 0.785 bits per heavy atom. The van der Waals surface area contributed by atoms with E-state index in [0.29, 0.717) is 47.2 Å². The van der Waals surface area contributed by atoms with Crippen LogP contribution in [0, 0.1) is 53.5 Å². The molecular weight excluding hydrogens is 1580 g/mol. The van der Waals surface area contributed by atoms with Crippen LogP contribution < -0.4 is 65.5 Å². The highest BCUT2D eigenvalue weighted by Gasteiger charge is 2.32. The summed E-state index contributed by atoms with van der Waals surface area (Å²) in [6.45, 7) is 16.6. The maximum absolute atomic E-state index is 14.1. The van der Waals surface area contributed by atoms with E-state index in [9.17, 15) is 39.9 Å². The van der Waals surface area contributed by atoms with Crippen LogP contribution in [0.15, 0.2) is 103 Å². The quantitative estimate of drug-likeness (QED) is 0.0236. The Hall–Kier alpha value is -13.6. The molecule has 2 saturated carbocycles. The number of carbonyl (C=O) groups is 1. The molecule has 4 atom stereocenters. The van der Waals surface area contributed by atoms with E-state index in [1.807, 2.05) is 52.3 Å². The van der Waals surface area contributed by atoms with Crippen molar-refractivity contribution in [2.75, 3.05) is 98.8 Å². The Kier molecular flexibility index (Phi) is 26.8. The molecular formula is C78H91F8N33O2. The Labute approximate surface area is 688 Å². The van der Waals surface area contributed by atoms with Gasteiger partial charge in [0.1, 0.15) is 46.5 Å². The Balaban J connectivity index is 0.000000139. The first kappa shape index (κ1) is 85.3. The van der Waals surface area contributed by atoms with E-state index >= 15 is 0 Å². The van der Waals surface area contributed by atoms with Gasteiger partial charge in [0.05, 0.1) is 41.9 Å². The number of nitrogens with one attached hydrogen (secondary N) is 8. The van der Waals surface area contributed by atoms with Crippen molar-refractivity contribution in [2.24, 2.45) is 0 Å². The predicted molar refractivity (Wildman–Crippen MR) is 438 cm³/mol. The fraction of sp³-hybridized carbons (Fsp3) is 0.372. The van der Waals surface area contributed by atoms with Crippen LogP contribution >= 0.6 is 0 Å². The molecule has 0 bridgehead atoms. The largest absolute Gasteiger partial charge is 0.381 e. The molecule has 35 nitrogen and oxygen atoms in total. The molecule has 4 aromatic carbocycles. The number of ether oxygens (including phenoxy) is 1. The van der Waals surface area contributed by atoms with Crippen molar-refractivity contribution >= 4 is 101 Å². The summed E-state index contributed by atoms with van der Waals surface area (Å²) in [4.78, 5) is 63.7. The predicted octanol–water partition coefficient (Wildman–Crippen LogP) is 13.7. The van der Waals surface area contributed by atoms with Gasteiger partial charge in [-0.2, -0.15) is 75.1 Å². The number of halogens is 8. The normalized spacial score (nSPS) is 15.2. The number of aryl methyl sites for hydroxylation is 2. The van der Waals surface area contributed by atoms with Crippen LogP contribution in [0.1, 0.15) is 185 Å². The molecule has 2 saturated heterocycles. The monoisotopic (exact) mass is 1670 g/mol. The number of nitrogen functional groups attached to an aromatic ring is 4. The Morgan fingerprint density at radius 3 is 1.16 bits per heavy atom. The maximum atomic E-state index is 14.1. The van der Waals surface area contributed by atoms with E-state index in [4.69, 9.17) is 27.7 Å². The molecule has 43 heteroatoms. The summed E-state index contributed by atoms with van der Waals surface area (Å²) >= 11 is 0. The van der Waals surface area contributed by atoms with Gasteiger partial charge in [0.2, 0.25) is 77.3 Å². The Bertz CT molecular complexity index is 5610. The van der Waals surface area contributed by atoms with Crippen LogP contribution in [-0.2, 0) is 11.3 Å². The third-order valence-corrected chi connectivity index (χ3v) is 19.9. The molecule has 10 heterocycles. The number of nitrogens with two attached hydrogens (primary N) is 4. The fourth-order valence-corrected chi connectivity index (χ4v) is 13.6. The minimum Gasteiger partial charge on any atom is -0.381 e. The molecule has 0 spiro atoms. The van der Waals surface area contributed by atoms with Crippen molar-refractivity contribution in [1.82, 2.24) is 104 Å². The van der Waals surface area contributed by atoms with Gasteiger partial charge in [-0.25, -0.2) is 39.8 Å². The third kappa shape index (κ3) is 22.8. The summed E-state index contributed by atoms with van der Waals surface area (Å²) in [5, 5.41) is 41.9. The number of nitrogens with zero attached hydrogens (tertiary/aromatic N) is 21. The second-order valence-electron chi connectivity index (χ2n) is 29.4. The Morgan fingerprint density at radius 1 is 0.430 bits per heavy atom. The maximum Gasteiger partial charge on any atom is 0.244 e. The molecule has 121 heavy (non-hydrogen) atoms. The van der Waals surface area contributed by atoms with E-state index in [-0.39, 0.29) is 99.5 Å². The minimum atomic E-state index is -0.683. The second kappa shape index (κ2) is 38.0. The number of rotatable bonds is 25. The molecule has 4 aliphatic rings. The van der Waals surface area contributed by atoms with Crippen LogP contribution in [0.4, 0.5) is 130 Å². The summed E-state index contributed by atoms with van der Waals surface area (Å²) in [6.07, 6.45) is 10.2. The van der Waals surface area contributed by atoms with Gasteiger partial charge in [-0.3, -0.25) is 18.8 Å². The lowest BCUT2D eigenvalue weighted by Crippen LogP contribution is -2.32. The highest BCUT2D eigenvalue weighted by Crippen LogP contribution is 2.43. The van der Waals surface area contributed by atoms with Crippen molar-refractivity contribution in [1.29, 1.82) is 0 Å². The molecule has 8 aromatic heterocycles. The average molecular weight is 1670 g/mol. The minimum absolute atomic E-state index is 0.00301. The van der Waals surface area contributed by atoms with Gasteiger partial charge in [-0.15, -0.1) is 5.10 Å². The highest BCUT2D eigenvalue weighted by atomic mass is 19.2. The molecule has 4 fully saturated rings. The van der Waals surface area contributed by atoms with Gasteiger partial charge in [0.15, 0.2) is 23.3 Å². The third-order valence-electron chi connectivity index (χ3n) is 19.9. The summed E-state index contributed by atoms with van der Waals surface area (Å²) < 4.78 is 121. The molecule has 12 aromatic rings. The number of likely N-dealkylation sites (tertiary alicyclic amines) is 1. The number of hydrogen-bond donors (Lipinski definition) is 12. The number of hydrogen-bond acceptors (Lipinski definition) is 31. The molecule has 0 radical (unpaired) electrons. The molecule has 636 valence electrons. The standard InChI is InChI=1S/C21H27F2N9.C19H20F2N8O.C19H22F2N8O.C19H22F2N8/c1-12-10-18(30-32(12)15-6-8-31(3)9-7-15)26-21-28-19(24)27-20(29-21)25-13(2)16-5-4-14(22)11-17(16)23;1-9(13-6-5-12(20)7-14(13)21)23-18-25-17(22)26-19(27-18)24-16-8-15(11-3-4-11)29(28-16)10(2)30;1-11(14-3-2-12(20)10-15(14)21)23-18-25-17(22)26-19(27-18)24-16-4-7-29(28-16)13-5-8-30-9-6-13;1-3-29-15(11-4-5-11)9-16(28-29)24-19-26-17(22)25-18(27-19)23-10(2)13-7-6-12(20)8-14(13)21/h4-5,10-11,13,15H,6-9H2,1-3H3,(H4,24,25,26,27,28,29,30);5-9,11H,3-4H2,1-2H3,(H4,22,23,24,25,26,27,28);2-4,7,10-11,13H,5-6,8-9H2,1H3,(H4,22,23,24,25,26,27,28);6-11H,3-5H2,1-2H3,(H4,22,23,24,25,26,27,28). The SMILES string of the molecule is CC(=O)n1nc(Nc2nc(N)nc(NC(C)c3ccc(F)cc3F)n2)cc1C1CC1.CC(Nc1nc(N)nc(Nc2ccn(C3CCOCC3)n2)n1)c1ccc(F)cc1F.CCn1nc(Nc2nc(N)nc(NC(C)c3ccc(F)cc3F)n2)cc1C1CC1.Cc1cc(Nc2nc(N)nc(NC(C)c3ccc(F)cc3F)n2)nn1C1CCN(C)CC1. The number of benzene rings is 4. The van der Waals surface area contributed by atoms with E-state index in [1.54, 1.807) is 33.8 Å². The lowest BCUT2D eigenvalue weighted by molar-refractivity contribution is 0.0663. The molecule has 16 N–H and O–H groups in total. The van der Waals surface area contributed by atoms with E-state index in [1.165, 1.54) is 78.7 Å². The van der Waals surface area contributed by atoms with Crippen LogP contribution in [0.3, 0.4) is 0 Å². The molecule has 2 aliphatic carbocycles. The first-order valence-electron chi connectivity index (χ1n) is 39.0. The lowest BCUT2D eigenvalue weighted by Gasteiger charge is -2.29. The van der Waals surface area contributed by atoms with Crippen molar-refractivity contribution in [3.8, 4) is 0 Å². The van der Waals surface area contributed by atoms with E-state index < -0.39 is 70.7 Å². The number of piperidine rings is 1. The van der Waals surface area contributed by atoms with Gasteiger partial charge in [0.25, 0.3) is 0 Å². The van der Waals surface area contributed by atoms with Crippen molar-refractivity contribution in [2.45, 2.75) is 154 Å². The summed E-state index contributed by atoms with van der Waals surface area (Å²) in [7, 11) is 2.13. The van der Waals surface area contributed by atoms with E-state index in [2.05, 4.69) is 135 Å². The van der Waals surface area contributed by atoms with Gasteiger partial charge in [-0.05, 0) is 137 Å². The smallest absolute Gasteiger partial charge is 0.244 e. The molecule has 16 rings (SSSR count). The molecule has 2 aliphatic heterocycles. The number of anilines is 16. The zero-order valence-electron chi connectivity index (χ0n) is 67.2. The summed E-state index contributed by atoms with van der Waals surface area (Å²) in [5.41, 5.74) is 27.4. The lowest BCUT2D eigenvalue weighted by atomic mass is 10.1. The van der Waals surface area contributed by atoms with Crippen LogP contribution in [0.25, 0.3) is 0 Å². The van der Waals surface area contributed by atoms with Crippen molar-refractivity contribution in [3.63, 3.8) is 0 Å². The van der Waals surface area contributed by atoms with Gasteiger partial charge in [0, 0.05) is 127 Å². The van der Waals surface area contributed by atoms with Crippen molar-refractivity contribution < 1.29 is 44.7 Å². The molecule has 4 unspecified atom stereocenters. The second-order valence-corrected chi connectivity index (χ2v) is 29.4. The van der Waals surface area contributed by atoms with Gasteiger partial charge in [-0.1, -0.05) is 24.3 Å². The van der Waals surface area contributed by atoms with Gasteiger partial charge >= 0.3 is 0 Å². The molecule has 0 amide bonds. The average Bonchev–Trinajstić information content (AvgIpc) is 1.64. The number of carbonyl (C=O) groups excluding carboxylic acids is 1. The zero-order chi connectivity index (χ0) is 85.9.